The van der Waals surface area contributed by atoms with E-state index in [1.165, 1.54) is 6.20 Å². The van der Waals surface area contributed by atoms with E-state index in [0.717, 1.165) is 6.20 Å². The number of aromatic nitrogens is 2. The van der Waals surface area contributed by atoms with E-state index in [1.54, 1.807) is 6.07 Å². The lowest BCUT2D eigenvalue weighted by Gasteiger charge is -2.18. The number of hydrogen-bond acceptors (Lipinski definition) is 8. The molecule has 0 fully saturated rings. The lowest BCUT2D eigenvalue weighted by Crippen LogP contribution is -2.42. The van der Waals surface area contributed by atoms with Crippen LogP contribution in [0, 0.1) is 11.3 Å². The van der Waals surface area contributed by atoms with Crippen molar-refractivity contribution >= 4 is 11.8 Å². The normalized spacial score (nSPS) is 22.0. The average molecular weight is 233 g/mol. The van der Waals surface area contributed by atoms with E-state index in [1.807, 2.05) is 0 Å². The van der Waals surface area contributed by atoms with Gasteiger partial charge in [0.15, 0.2) is 0 Å². The summed E-state index contributed by atoms with van der Waals surface area (Å²) in [6, 6.07) is 1.74. The summed E-state index contributed by atoms with van der Waals surface area (Å²) in [7, 11) is 0. The highest BCUT2D eigenvalue weighted by Gasteiger charge is 2.38. The fourth-order valence-corrected chi connectivity index (χ4v) is 1.16. The van der Waals surface area contributed by atoms with Crippen LogP contribution in [0.2, 0.25) is 0 Å². The molecule has 17 heavy (non-hydrogen) atoms. The van der Waals surface area contributed by atoms with Crippen LogP contribution in [0.15, 0.2) is 28.2 Å². The molecule has 9 nitrogen and oxygen atoms in total. The van der Waals surface area contributed by atoms with Gasteiger partial charge in [-0.3, -0.25) is 10.8 Å². The van der Waals surface area contributed by atoms with E-state index in [0.29, 0.717) is 0 Å². The minimum Gasteiger partial charge on any atom is -0.413 e. The Balaban J connectivity index is 2.21. The number of nitrogens with zero attached hydrogens (tertiary/aromatic N) is 4. The molecule has 86 valence electrons. The number of ether oxygens (including phenoxy) is 1. The summed E-state index contributed by atoms with van der Waals surface area (Å²) in [5, 5.41) is 21.6. The molecule has 1 aliphatic heterocycles. The molecule has 0 bridgehead atoms. The Bertz CT molecular complexity index is 567. The zero-order valence-electron chi connectivity index (χ0n) is 8.41. The molecular formula is C8H7N7O2. The van der Waals surface area contributed by atoms with Gasteiger partial charge in [-0.05, 0) is 0 Å². The van der Waals surface area contributed by atoms with E-state index in [2.05, 4.69) is 20.4 Å². The number of aromatic amines is 1. The molecule has 0 aliphatic carbocycles. The van der Waals surface area contributed by atoms with Crippen LogP contribution in [0.25, 0.3) is 0 Å². The summed E-state index contributed by atoms with van der Waals surface area (Å²) >= 11 is 0. The molecule has 1 aliphatic rings. The molecule has 0 aromatic carbocycles. The van der Waals surface area contributed by atoms with Gasteiger partial charge in [0.05, 0.1) is 12.4 Å². The van der Waals surface area contributed by atoms with Crippen molar-refractivity contribution in [2.45, 2.75) is 5.85 Å². The molecule has 1 aromatic heterocycles. The second-order valence-electron chi connectivity index (χ2n) is 3.15. The highest BCUT2D eigenvalue weighted by atomic mass is 16.6. The molecule has 1 aromatic rings. The summed E-state index contributed by atoms with van der Waals surface area (Å²) < 4.78 is 4.88. The first-order valence-corrected chi connectivity index (χ1v) is 4.40. The number of carbonyl (C=O) groups is 1. The van der Waals surface area contributed by atoms with Gasteiger partial charge in [-0.1, -0.05) is 0 Å². The number of nitrogens with two attached hydrogens (primary N) is 2. The highest BCUT2D eigenvalue weighted by Crippen LogP contribution is 2.25. The van der Waals surface area contributed by atoms with Gasteiger partial charge in [0.2, 0.25) is 0 Å². The monoisotopic (exact) mass is 233 g/mol. The fourth-order valence-electron chi connectivity index (χ4n) is 1.16. The molecule has 1 unspecified atom stereocenters. The number of nitrogen functional groups attached to an aromatic ring is 1. The zero-order valence-corrected chi connectivity index (χ0v) is 8.41. The smallest absolute Gasteiger partial charge is 0.347 e. The summed E-state index contributed by atoms with van der Waals surface area (Å²) in [6.07, 6.45) is 2.30. The number of H-pyrrole nitrogens is 1. The molecule has 0 saturated heterocycles. The average Bonchev–Trinajstić information content (AvgIpc) is 2.84. The first-order chi connectivity index (χ1) is 8.07. The molecule has 0 amide bonds. The van der Waals surface area contributed by atoms with Crippen molar-refractivity contribution in [3.8, 4) is 6.07 Å². The van der Waals surface area contributed by atoms with Crippen molar-refractivity contribution in [1.29, 1.82) is 5.26 Å². The number of hydrogen-bond donors (Lipinski definition) is 3. The molecule has 0 spiro atoms. The van der Waals surface area contributed by atoms with E-state index in [-0.39, 0.29) is 17.0 Å². The Morgan fingerprint density at radius 1 is 1.65 bits per heavy atom. The van der Waals surface area contributed by atoms with Crippen LogP contribution in [0.5, 0.6) is 0 Å². The van der Waals surface area contributed by atoms with Crippen molar-refractivity contribution in [2.24, 2.45) is 16.0 Å². The van der Waals surface area contributed by atoms with E-state index < -0.39 is 11.8 Å². The topological polar surface area (TPSA) is 156 Å². The van der Waals surface area contributed by atoms with Gasteiger partial charge in [0.25, 0.3) is 0 Å². The molecular weight excluding hydrogens is 226 g/mol. The fraction of sp³-hybridized carbons (Fsp3) is 0.125. The number of rotatable bonds is 2. The van der Waals surface area contributed by atoms with Crippen molar-refractivity contribution in [3.63, 3.8) is 0 Å². The number of nitrogens with one attached hydrogen (secondary N) is 1. The van der Waals surface area contributed by atoms with Crippen LogP contribution >= 0.6 is 0 Å². The van der Waals surface area contributed by atoms with Crippen LogP contribution in [-0.4, -0.2) is 22.0 Å². The summed E-state index contributed by atoms with van der Waals surface area (Å²) in [6.45, 7) is 0. The predicted molar refractivity (Wildman–Crippen MR) is 53.9 cm³/mol. The van der Waals surface area contributed by atoms with Gasteiger partial charge in [-0.15, -0.1) is 5.11 Å². The molecule has 1 atom stereocenters. The Kier molecular flexibility index (Phi) is 2.34. The van der Waals surface area contributed by atoms with Gasteiger partial charge in [0, 0.05) is 0 Å². The maximum absolute atomic E-state index is 11.7. The van der Waals surface area contributed by atoms with Crippen molar-refractivity contribution < 1.29 is 9.53 Å². The summed E-state index contributed by atoms with van der Waals surface area (Å²) in [4.78, 5) is 11.7. The summed E-state index contributed by atoms with van der Waals surface area (Å²) in [5.41, 5.74) is 11.0. The lowest BCUT2D eigenvalue weighted by atomic mass is 10.2. The second kappa shape index (κ2) is 3.69. The third-order valence-electron chi connectivity index (χ3n) is 2.04. The first-order valence-electron chi connectivity index (χ1n) is 4.40. The summed E-state index contributed by atoms with van der Waals surface area (Å²) in [5.74, 6) is -2.70. The van der Waals surface area contributed by atoms with Crippen molar-refractivity contribution in [3.05, 3.63) is 23.5 Å². The largest absolute Gasteiger partial charge is 0.413 e. The standard InChI is InChI=1S/C8H7N7O2/c9-1-4-2-13-15-8(4,11)17-7(16)5-3-12-14-6(5)10/h2-3H,11H2,(H3,10,12,14). The molecule has 0 saturated carbocycles. The van der Waals surface area contributed by atoms with Gasteiger partial charge in [-0.2, -0.15) is 15.5 Å². The second-order valence-corrected chi connectivity index (χ2v) is 3.15. The van der Waals surface area contributed by atoms with Crippen LogP contribution in [-0.2, 0) is 4.74 Å². The maximum Gasteiger partial charge on any atom is 0.347 e. The van der Waals surface area contributed by atoms with Crippen molar-refractivity contribution in [1.82, 2.24) is 10.2 Å². The molecule has 9 heteroatoms. The quantitative estimate of drug-likeness (QED) is 0.467. The molecule has 5 N–H and O–H groups in total. The predicted octanol–water partition coefficient (Wildman–Crippen LogP) is -0.366. The van der Waals surface area contributed by atoms with Crippen LogP contribution < -0.4 is 11.5 Å². The van der Waals surface area contributed by atoms with Crippen molar-refractivity contribution in [2.75, 3.05) is 5.73 Å². The number of esters is 1. The van der Waals surface area contributed by atoms with Gasteiger partial charge in [-0.25, -0.2) is 4.79 Å². The number of carbonyl (C=O) groups excluding carboxylic acids is 1. The Labute approximate surface area is 94.8 Å². The molecule has 2 heterocycles. The zero-order chi connectivity index (χ0) is 12.5. The Morgan fingerprint density at radius 3 is 3.00 bits per heavy atom. The van der Waals surface area contributed by atoms with Gasteiger partial charge in [0.1, 0.15) is 23.0 Å². The lowest BCUT2D eigenvalue weighted by molar-refractivity contribution is 0.00641. The maximum atomic E-state index is 11.7. The van der Waals surface area contributed by atoms with Crippen LogP contribution in [0.3, 0.4) is 0 Å². The van der Waals surface area contributed by atoms with E-state index in [9.17, 15) is 4.79 Å². The van der Waals surface area contributed by atoms with E-state index >= 15 is 0 Å². The van der Waals surface area contributed by atoms with Gasteiger partial charge < -0.3 is 10.5 Å². The Hall–Kier alpha value is -2.73. The molecule has 0 radical (unpaired) electrons. The highest BCUT2D eigenvalue weighted by molar-refractivity contribution is 5.94. The Morgan fingerprint density at radius 2 is 2.41 bits per heavy atom. The van der Waals surface area contributed by atoms with Crippen LogP contribution in [0.4, 0.5) is 5.82 Å². The number of nitriles is 1. The SMILES string of the molecule is N#CC1=CN=NC1(N)OC(=O)c1cn[nH]c1N. The van der Waals surface area contributed by atoms with E-state index in [4.69, 9.17) is 21.5 Å². The minimum atomic E-state index is -1.89. The third-order valence-corrected chi connectivity index (χ3v) is 2.04. The first kappa shape index (κ1) is 10.8. The third kappa shape index (κ3) is 1.72. The minimum absolute atomic E-state index is 0.00853. The van der Waals surface area contributed by atoms with Gasteiger partial charge >= 0.3 is 11.8 Å². The van der Waals surface area contributed by atoms with Crippen LogP contribution in [0.1, 0.15) is 10.4 Å². The number of anilines is 1. The number of azo groups is 1. The molecule has 2 rings (SSSR count).